The van der Waals surface area contributed by atoms with Crippen LogP contribution in [0.1, 0.15) is 140 Å². The minimum atomic E-state index is -3.05. The number of carbonyl (C=O) groups excluding carboxylic acids is 2. The van der Waals surface area contributed by atoms with E-state index in [2.05, 4.69) is 48.4 Å². The predicted molar refractivity (Wildman–Crippen MR) is 179 cm³/mol. The Hall–Kier alpha value is -1.19. The van der Waals surface area contributed by atoms with Gasteiger partial charge < -0.3 is 16.0 Å². The molecule has 0 fully saturated rings. The van der Waals surface area contributed by atoms with Crippen molar-refractivity contribution in [2.24, 2.45) is 11.8 Å². The Labute approximate surface area is 248 Å². The molecule has 0 aliphatic carbocycles. The molecule has 39 heavy (non-hydrogen) atoms. The molecule has 0 radical (unpaired) electrons. The van der Waals surface area contributed by atoms with Gasteiger partial charge in [0, 0.05) is 42.0 Å². The fourth-order valence-electron chi connectivity index (χ4n) is 2.03. The molecule has 0 bridgehead atoms. The lowest BCUT2D eigenvalue weighted by molar-refractivity contribution is -0.125. The molecule has 0 rings (SSSR count). The Morgan fingerprint density at radius 3 is 0.769 bits per heavy atom. The molecule has 2 amide bonds. The van der Waals surface area contributed by atoms with E-state index in [0.29, 0.717) is 12.1 Å². The summed E-state index contributed by atoms with van der Waals surface area (Å²) >= 11 is 0. The fourth-order valence-corrected chi connectivity index (χ4v) is 2.96. The first-order valence-corrected chi connectivity index (χ1v) is 14.5. The van der Waals surface area contributed by atoms with Crippen molar-refractivity contribution < 1.29 is 18.0 Å². The van der Waals surface area contributed by atoms with Crippen LogP contribution in [0.25, 0.3) is 0 Å². The third-order valence-electron chi connectivity index (χ3n) is 3.60. The van der Waals surface area contributed by atoms with E-state index in [1.807, 2.05) is 55.4 Å². The molecule has 4 N–H and O–H groups in total. The lowest BCUT2D eigenvalue weighted by Gasteiger charge is -2.11. The van der Waals surface area contributed by atoms with Gasteiger partial charge in [-0.05, 0) is 55.4 Å². The van der Waals surface area contributed by atoms with Gasteiger partial charge in [-0.1, -0.05) is 85.1 Å². The van der Waals surface area contributed by atoms with Gasteiger partial charge in [-0.2, -0.15) is 0 Å². The van der Waals surface area contributed by atoms with Crippen LogP contribution in [0.3, 0.4) is 0 Å². The van der Waals surface area contributed by atoms with Crippen molar-refractivity contribution in [3.05, 3.63) is 0 Å². The molecule has 0 aromatic rings. The Bertz CT molecular complexity index is 597. The second kappa shape index (κ2) is 31.3. The van der Waals surface area contributed by atoms with Gasteiger partial charge in [0.2, 0.25) is 21.8 Å². The fraction of sp³-hybridized carbons (Fsp3) is 0.933. The van der Waals surface area contributed by atoms with Gasteiger partial charge in [0.25, 0.3) is 0 Å². The minimum absolute atomic E-state index is 0. The molecular weight excluding hydrogens is 512 g/mol. The first-order chi connectivity index (χ1) is 15.6. The summed E-state index contributed by atoms with van der Waals surface area (Å²) in [6.07, 6.45) is 0. The molecule has 0 aliphatic rings. The number of nitrogens with one attached hydrogen (secondary N) is 4. The van der Waals surface area contributed by atoms with Crippen LogP contribution in [0.4, 0.5) is 0 Å². The van der Waals surface area contributed by atoms with Crippen LogP contribution in [0.5, 0.6) is 0 Å². The molecular formula is C30H76N4O4S. The van der Waals surface area contributed by atoms with Gasteiger partial charge in [-0.25, -0.2) is 13.1 Å². The zero-order valence-electron chi connectivity index (χ0n) is 25.7. The van der Waals surface area contributed by atoms with Crippen molar-refractivity contribution >= 4 is 21.8 Å². The van der Waals surface area contributed by atoms with Gasteiger partial charge in [0.05, 0.1) is 5.25 Å². The molecule has 0 atom stereocenters. The molecule has 0 aromatic carbocycles. The summed E-state index contributed by atoms with van der Waals surface area (Å²) in [4.78, 5) is 21.7. The van der Waals surface area contributed by atoms with Crippen LogP contribution < -0.4 is 20.7 Å². The molecule has 0 spiro atoms. The maximum absolute atomic E-state index is 11.0. The van der Waals surface area contributed by atoms with Gasteiger partial charge in [0.15, 0.2) is 0 Å². The Kier molecular flexibility index (Phi) is 46.3. The molecule has 0 heterocycles. The van der Waals surface area contributed by atoms with Crippen LogP contribution in [0.2, 0.25) is 0 Å². The van der Waals surface area contributed by atoms with Gasteiger partial charge in [-0.3, -0.25) is 9.59 Å². The van der Waals surface area contributed by atoms with E-state index in [0.717, 1.165) is 0 Å². The van der Waals surface area contributed by atoms with Gasteiger partial charge in [-0.15, -0.1) is 0 Å². The monoisotopic (exact) mass is 589 g/mol. The number of rotatable bonds is 9. The summed E-state index contributed by atoms with van der Waals surface area (Å²) in [5, 5.41) is 8.57. The van der Waals surface area contributed by atoms with E-state index in [1.165, 1.54) is 0 Å². The van der Waals surface area contributed by atoms with Crippen molar-refractivity contribution in [3.8, 4) is 0 Å². The molecule has 0 aromatic heterocycles. The third-order valence-corrected chi connectivity index (χ3v) is 5.64. The largest absolute Gasteiger partial charge is 0.354 e. The number of sulfonamides is 1. The first kappa shape index (κ1) is 57.7. The standard InChI is InChI=1S/2C7H15NO.C6H15NO2S.C6H15N.4CH4/c2*1-5(2)7(9)8-6(3)4;1-5(2)7-10(8,9)6(3)4;1-5(2)7-6(3)4;;;;/h2*5-6H,1-4H3,(H,8,9);5-7H,1-4H3;5-7H,1-4H3;4*1H4. The second-order valence-electron chi connectivity index (χ2n) is 11.0. The normalized spacial score (nSPS) is 10.2. The molecule has 246 valence electrons. The van der Waals surface area contributed by atoms with E-state index >= 15 is 0 Å². The summed E-state index contributed by atoms with van der Waals surface area (Å²) < 4.78 is 24.6. The number of hydrogen-bond acceptors (Lipinski definition) is 5. The molecule has 9 heteroatoms. The van der Waals surface area contributed by atoms with Gasteiger partial charge in [0.1, 0.15) is 0 Å². The van der Waals surface area contributed by atoms with E-state index in [4.69, 9.17) is 0 Å². The summed E-state index contributed by atoms with van der Waals surface area (Å²) in [7, 11) is -3.05. The van der Waals surface area contributed by atoms with Crippen LogP contribution in [-0.4, -0.2) is 55.7 Å². The average Bonchev–Trinajstić information content (AvgIpc) is 2.59. The topological polar surface area (TPSA) is 116 Å². The van der Waals surface area contributed by atoms with Crippen molar-refractivity contribution in [1.82, 2.24) is 20.7 Å². The molecule has 0 aliphatic heterocycles. The SMILES string of the molecule is C.C.C.C.CC(C)NC(=O)C(C)C.CC(C)NC(=O)C(C)C.CC(C)NC(C)C.CC(C)NS(=O)(=O)C(C)C. The Morgan fingerprint density at radius 2 is 0.718 bits per heavy atom. The third kappa shape index (κ3) is 50.2. The van der Waals surface area contributed by atoms with Crippen LogP contribution >= 0.6 is 0 Å². The highest BCUT2D eigenvalue weighted by Gasteiger charge is 2.15. The highest BCUT2D eigenvalue weighted by molar-refractivity contribution is 7.90. The first-order valence-electron chi connectivity index (χ1n) is 12.9. The maximum Gasteiger partial charge on any atom is 0.222 e. The van der Waals surface area contributed by atoms with E-state index in [-0.39, 0.29) is 76.7 Å². The van der Waals surface area contributed by atoms with E-state index in [1.54, 1.807) is 27.7 Å². The van der Waals surface area contributed by atoms with Crippen molar-refractivity contribution in [2.75, 3.05) is 0 Å². The number of carbonyl (C=O) groups is 2. The quantitative estimate of drug-likeness (QED) is 0.232. The lowest BCUT2D eigenvalue weighted by Crippen LogP contribution is -2.35. The average molecular weight is 589 g/mol. The zero-order valence-corrected chi connectivity index (χ0v) is 26.5. The van der Waals surface area contributed by atoms with Gasteiger partial charge >= 0.3 is 0 Å². The van der Waals surface area contributed by atoms with Crippen LogP contribution in [0, 0.1) is 11.8 Å². The van der Waals surface area contributed by atoms with Crippen molar-refractivity contribution in [2.45, 2.75) is 176 Å². The van der Waals surface area contributed by atoms with Crippen molar-refractivity contribution in [1.29, 1.82) is 0 Å². The smallest absolute Gasteiger partial charge is 0.222 e. The minimum Gasteiger partial charge on any atom is -0.354 e. The number of amides is 2. The molecule has 0 unspecified atom stereocenters. The summed E-state index contributed by atoms with van der Waals surface area (Å²) in [5.41, 5.74) is 0. The zero-order chi connectivity index (χ0) is 29.1. The summed E-state index contributed by atoms with van der Waals surface area (Å²) in [5.74, 6) is 0.467. The lowest BCUT2D eigenvalue weighted by atomic mass is 10.2. The summed E-state index contributed by atoms with van der Waals surface area (Å²) in [6, 6.07) is 1.77. The van der Waals surface area contributed by atoms with Crippen molar-refractivity contribution in [3.63, 3.8) is 0 Å². The molecule has 0 saturated carbocycles. The van der Waals surface area contributed by atoms with E-state index < -0.39 is 10.0 Å². The van der Waals surface area contributed by atoms with Crippen LogP contribution in [-0.2, 0) is 19.6 Å². The van der Waals surface area contributed by atoms with Crippen LogP contribution in [0.15, 0.2) is 0 Å². The highest BCUT2D eigenvalue weighted by Crippen LogP contribution is 1.97. The highest BCUT2D eigenvalue weighted by atomic mass is 32.2. The predicted octanol–water partition coefficient (Wildman–Crippen LogP) is 6.99. The number of hydrogen-bond donors (Lipinski definition) is 4. The second-order valence-corrected chi connectivity index (χ2v) is 13.2. The Balaban J connectivity index is -0.0000000533. The maximum atomic E-state index is 11.0. The molecule has 8 nitrogen and oxygen atoms in total. The summed E-state index contributed by atoms with van der Waals surface area (Å²) in [6.45, 7) is 30.9. The van der Waals surface area contributed by atoms with E-state index in [9.17, 15) is 18.0 Å². The molecule has 0 saturated heterocycles. The Morgan fingerprint density at radius 1 is 0.462 bits per heavy atom.